The zero-order chi connectivity index (χ0) is 13.5. The van der Waals surface area contributed by atoms with Gasteiger partial charge in [-0.1, -0.05) is 41.7 Å². The Morgan fingerprint density at radius 2 is 1.95 bits per heavy atom. The number of nitrogens with zero attached hydrogens (tertiary/aromatic N) is 4. The van der Waals surface area contributed by atoms with Crippen molar-refractivity contribution in [1.29, 1.82) is 0 Å². The van der Waals surface area contributed by atoms with E-state index in [0.29, 0.717) is 0 Å². The first-order chi connectivity index (χ1) is 9.03. The van der Waals surface area contributed by atoms with E-state index in [2.05, 4.69) is 15.3 Å². The molecule has 0 bridgehead atoms. The lowest BCUT2D eigenvalue weighted by Crippen LogP contribution is -2.34. The third-order valence-electron chi connectivity index (χ3n) is 2.67. The summed E-state index contributed by atoms with van der Waals surface area (Å²) in [5, 5.41) is 13.9. The van der Waals surface area contributed by atoms with Crippen LogP contribution in [0.2, 0.25) is 0 Å². The van der Waals surface area contributed by atoms with E-state index < -0.39 is 0 Å². The van der Waals surface area contributed by atoms with E-state index >= 15 is 0 Å². The number of hydrogen-bond acceptors (Lipinski definition) is 5. The fourth-order valence-corrected chi connectivity index (χ4v) is 2.96. The van der Waals surface area contributed by atoms with Crippen LogP contribution in [0, 0.1) is 0 Å². The molecule has 3 rings (SSSR count). The summed E-state index contributed by atoms with van der Waals surface area (Å²) in [5.74, 6) is 0.771. The molecule has 0 aliphatic rings. The van der Waals surface area contributed by atoms with Gasteiger partial charge in [-0.05, 0) is 13.8 Å². The van der Waals surface area contributed by atoms with Crippen molar-refractivity contribution in [2.45, 2.75) is 25.8 Å². The van der Waals surface area contributed by atoms with Crippen LogP contribution >= 0.6 is 11.3 Å². The van der Waals surface area contributed by atoms with Gasteiger partial charge >= 0.3 is 0 Å². The van der Waals surface area contributed by atoms with Gasteiger partial charge in [0.2, 0.25) is 4.96 Å². The van der Waals surface area contributed by atoms with Crippen molar-refractivity contribution in [3.63, 3.8) is 0 Å². The van der Waals surface area contributed by atoms with E-state index in [0.717, 1.165) is 27.8 Å². The van der Waals surface area contributed by atoms with Crippen LogP contribution in [0.1, 0.15) is 18.9 Å². The van der Waals surface area contributed by atoms with Crippen molar-refractivity contribution in [3.05, 3.63) is 35.3 Å². The molecule has 5 nitrogen and oxygen atoms in total. The summed E-state index contributed by atoms with van der Waals surface area (Å²) in [5.41, 5.74) is 6.77. The summed E-state index contributed by atoms with van der Waals surface area (Å²) < 4.78 is 1.79. The Kier molecular flexibility index (Phi) is 2.83. The average Bonchev–Trinajstić information content (AvgIpc) is 2.87. The Bertz CT molecular complexity index is 693. The molecular formula is C13H15N5S. The Hall–Kier alpha value is -1.79. The van der Waals surface area contributed by atoms with Crippen molar-refractivity contribution < 1.29 is 0 Å². The maximum Gasteiger partial charge on any atom is 0.234 e. The fraction of sp³-hybridized carbons (Fsp3) is 0.308. The number of fused-ring (bicyclic) bond motifs is 1. The highest BCUT2D eigenvalue weighted by atomic mass is 32.1. The normalized spacial score (nSPS) is 12.2. The van der Waals surface area contributed by atoms with Gasteiger partial charge in [0.05, 0.1) is 0 Å². The van der Waals surface area contributed by atoms with Crippen LogP contribution in [0.15, 0.2) is 30.3 Å². The van der Waals surface area contributed by atoms with Crippen LogP contribution in [-0.2, 0) is 6.42 Å². The van der Waals surface area contributed by atoms with E-state index in [1.54, 1.807) is 4.52 Å². The van der Waals surface area contributed by atoms with E-state index in [4.69, 9.17) is 5.73 Å². The van der Waals surface area contributed by atoms with Crippen molar-refractivity contribution in [3.8, 4) is 11.4 Å². The highest BCUT2D eigenvalue weighted by Gasteiger charge is 2.18. The van der Waals surface area contributed by atoms with E-state index in [1.807, 2.05) is 44.2 Å². The number of nitrogens with two attached hydrogens (primary N) is 1. The molecule has 2 aromatic heterocycles. The van der Waals surface area contributed by atoms with Crippen LogP contribution in [0.4, 0.5) is 0 Å². The molecular weight excluding hydrogens is 258 g/mol. The number of aromatic nitrogens is 4. The second-order valence-corrected chi connectivity index (χ2v) is 6.29. The van der Waals surface area contributed by atoms with Gasteiger partial charge in [-0.2, -0.15) is 9.61 Å². The molecule has 1 aromatic carbocycles. The first kappa shape index (κ1) is 12.3. The number of rotatable bonds is 3. The predicted molar refractivity (Wildman–Crippen MR) is 76.1 cm³/mol. The van der Waals surface area contributed by atoms with E-state index in [-0.39, 0.29) is 5.54 Å². The molecule has 0 atom stereocenters. The molecule has 0 saturated carbocycles. The van der Waals surface area contributed by atoms with Crippen molar-refractivity contribution >= 4 is 16.3 Å². The smallest absolute Gasteiger partial charge is 0.234 e. The fourth-order valence-electron chi connectivity index (χ4n) is 1.88. The Morgan fingerprint density at radius 1 is 1.21 bits per heavy atom. The van der Waals surface area contributed by atoms with Gasteiger partial charge in [0.1, 0.15) is 5.01 Å². The third kappa shape index (κ3) is 2.50. The molecule has 0 aliphatic carbocycles. The van der Waals surface area contributed by atoms with Crippen LogP contribution in [0.3, 0.4) is 0 Å². The van der Waals surface area contributed by atoms with Gasteiger partial charge < -0.3 is 5.73 Å². The Balaban J connectivity index is 2.04. The second kappa shape index (κ2) is 4.40. The second-order valence-electron chi connectivity index (χ2n) is 5.25. The highest BCUT2D eigenvalue weighted by Crippen LogP contribution is 2.22. The van der Waals surface area contributed by atoms with Crippen LogP contribution in [0.5, 0.6) is 0 Å². The van der Waals surface area contributed by atoms with Crippen LogP contribution in [-0.4, -0.2) is 25.4 Å². The molecule has 0 aliphatic heterocycles. The molecule has 98 valence electrons. The van der Waals surface area contributed by atoms with Gasteiger partial charge in [-0.15, -0.1) is 10.2 Å². The van der Waals surface area contributed by atoms with E-state index in [9.17, 15) is 0 Å². The van der Waals surface area contributed by atoms with Crippen molar-refractivity contribution in [2.75, 3.05) is 0 Å². The maximum absolute atomic E-state index is 6.03. The summed E-state index contributed by atoms with van der Waals surface area (Å²) in [7, 11) is 0. The maximum atomic E-state index is 6.03. The molecule has 2 heterocycles. The molecule has 0 fully saturated rings. The molecule has 0 unspecified atom stereocenters. The lowest BCUT2D eigenvalue weighted by molar-refractivity contribution is 0.512. The summed E-state index contributed by atoms with van der Waals surface area (Å²) in [6.45, 7) is 3.99. The van der Waals surface area contributed by atoms with E-state index in [1.165, 1.54) is 11.3 Å². The standard InChI is InChI=1S/C13H15N5S/c1-13(2,14)8-10-17-18-11(15-16-12(18)19-10)9-6-4-3-5-7-9/h3-7H,8,14H2,1-2H3. The largest absolute Gasteiger partial charge is 0.325 e. The quantitative estimate of drug-likeness (QED) is 0.793. The minimum absolute atomic E-state index is 0.268. The molecule has 3 aromatic rings. The van der Waals surface area contributed by atoms with Gasteiger partial charge in [0.25, 0.3) is 0 Å². The number of hydrogen-bond donors (Lipinski definition) is 1. The minimum atomic E-state index is -0.268. The van der Waals surface area contributed by atoms with Gasteiger partial charge in [0.15, 0.2) is 5.82 Å². The first-order valence-corrected chi connectivity index (χ1v) is 6.90. The highest BCUT2D eigenvalue weighted by molar-refractivity contribution is 7.16. The monoisotopic (exact) mass is 273 g/mol. The Morgan fingerprint density at radius 3 is 2.63 bits per heavy atom. The summed E-state index contributed by atoms with van der Waals surface area (Å²) in [6.07, 6.45) is 0.731. The molecule has 19 heavy (non-hydrogen) atoms. The zero-order valence-electron chi connectivity index (χ0n) is 10.9. The van der Waals surface area contributed by atoms with Gasteiger partial charge in [0, 0.05) is 17.5 Å². The summed E-state index contributed by atoms with van der Waals surface area (Å²) in [4.78, 5) is 0.804. The summed E-state index contributed by atoms with van der Waals surface area (Å²) >= 11 is 1.54. The predicted octanol–water partition coefficient (Wildman–Crippen LogP) is 2.13. The van der Waals surface area contributed by atoms with Crippen LogP contribution in [0.25, 0.3) is 16.3 Å². The van der Waals surface area contributed by atoms with Crippen molar-refractivity contribution in [1.82, 2.24) is 19.8 Å². The average molecular weight is 273 g/mol. The van der Waals surface area contributed by atoms with Gasteiger partial charge in [-0.25, -0.2) is 0 Å². The molecule has 0 radical (unpaired) electrons. The molecule has 2 N–H and O–H groups in total. The third-order valence-corrected chi connectivity index (χ3v) is 3.57. The first-order valence-electron chi connectivity index (χ1n) is 6.08. The topological polar surface area (TPSA) is 69.1 Å². The minimum Gasteiger partial charge on any atom is -0.325 e. The Labute approximate surface area is 115 Å². The molecule has 0 saturated heterocycles. The van der Waals surface area contributed by atoms with Gasteiger partial charge in [-0.3, -0.25) is 0 Å². The summed E-state index contributed by atoms with van der Waals surface area (Å²) in [6, 6.07) is 9.94. The molecule has 6 heteroatoms. The SMILES string of the molecule is CC(C)(N)Cc1nn2c(-c3ccccc3)nnc2s1. The van der Waals surface area contributed by atoms with Crippen LogP contribution < -0.4 is 5.73 Å². The molecule has 0 spiro atoms. The molecule has 0 amide bonds. The number of benzene rings is 1. The van der Waals surface area contributed by atoms with Crippen molar-refractivity contribution in [2.24, 2.45) is 5.73 Å². The lowest BCUT2D eigenvalue weighted by atomic mass is 10.0. The zero-order valence-corrected chi connectivity index (χ0v) is 11.7. The lowest BCUT2D eigenvalue weighted by Gasteiger charge is -2.15.